The number of aliphatic imine (C=N–C) groups is 1. The molecule has 0 saturated carbocycles. The van der Waals surface area contributed by atoms with Gasteiger partial charge in [0.05, 0.1) is 0 Å². The average Bonchev–Trinajstić information content (AvgIpc) is 2.54. The first kappa shape index (κ1) is 17.8. The summed E-state index contributed by atoms with van der Waals surface area (Å²) in [6, 6.07) is -0.0288. The van der Waals surface area contributed by atoms with Gasteiger partial charge in [0, 0.05) is 18.8 Å². The van der Waals surface area contributed by atoms with E-state index in [4.69, 9.17) is 12.2 Å². The Hall–Kier alpha value is -1.56. The summed E-state index contributed by atoms with van der Waals surface area (Å²) >= 11 is 5.12. The summed E-state index contributed by atoms with van der Waals surface area (Å²) in [5.41, 5.74) is 1.44. The summed E-state index contributed by atoms with van der Waals surface area (Å²) in [7, 11) is 0. The van der Waals surface area contributed by atoms with Crippen LogP contribution in [-0.2, 0) is 9.59 Å². The predicted octanol–water partition coefficient (Wildman–Crippen LogP) is 2.61. The van der Waals surface area contributed by atoms with Gasteiger partial charge in [-0.3, -0.25) is 19.5 Å². The number of amides is 2. The van der Waals surface area contributed by atoms with Crippen molar-refractivity contribution >= 4 is 35.4 Å². The van der Waals surface area contributed by atoms with Gasteiger partial charge in [0.2, 0.25) is 11.8 Å². The summed E-state index contributed by atoms with van der Waals surface area (Å²) in [5.74, 6) is -1.51. The minimum atomic E-state index is -0.865. The molecule has 2 aliphatic rings. The fourth-order valence-electron chi connectivity index (χ4n) is 2.86. The number of carbonyl (C=O) groups is 2. The maximum Gasteiger partial charge on any atom is 0.247 e. The van der Waals surface area contributed by atoms with Crippen LogP contribution in [0.2, 0.25) is 0 Å². The van der Waals surface area contributed by atoms with E-state index in [1.54, 1.807) is 0 Å². The lowest BCUT2D eigenvalue weighted by molar-refractivity contribution is -0.139. The van der Waals surface area contributed by atoms with Gasteiger partial charge in [-0.25, -0.2) is 0 Å². The van der Waals surface area contributed by atoms with Gasteiger partial charge in [0.1, 0.15) is 0 Å². The molecule has 1 aliphatic carbocycles. The van der Waals surface area contributed by atoms with Crippen molar-refractivity contribution in [3.63, 3.8) is 0 Å². The van der Waals surface area contributed by atoms with Crippen molar-refractivity contribution < 1.29 is 9.59 Å². The lowest BCUT2D eigenvalue weighted by atomic mass is 9.97. The second-order valence-corrected chi connectivity index (χ2v) is 6.54. The second-order valence-electron chi connectivity index (χ2n) is 6.15. The normalized spacial score (nSPS) is 23.9. The molecule has 23 heavy (non-hydrogen) atoms. The topological polar surface area (TPSA) is 61.8 Å². The van der Waals surface area contributed by atoms with Gasteiger partial charge >= 0.3 is 0 Å². The summed E-state index contributed by atoms with van der Waals surface area (Å²) < 4.78 is 0. The van der Waals surface area contributed by atoms with Crippen LogP contribution in [0.1, 0.15) is 52.4 Å². The molecule has 0 aromatic carbocycles. The largest absolute Gasteiger partial charge is 0.302 e. The Bertz CT molecular complexity index is 542. The van der Waals surface area contributed by atoms with Gasteiger partial charge in [-0.15, -0.1) is 0 Å². The molecule has 5 nitrogen and oxygen atoms in total. The summed E-state index contributed by atoms with van der Waals surface area (Å²) in [6.45, 7) is 4.53. The SMILES string of the molecule is CC[C@@H](C)N1C(=O)[C@@H](C=NCCC2=CCCCC2)C(=O)NC1=S. The van der Waals surface area contributed by atoms with Gasteiger partial charge in [-0.1, -0.05) is 18.6 Å². The molecule has 2 atom stereocenters. The van der Waals surface area contributed by atoms with Crippen molar-refractivity contribution in [2.24, 2.45) is 10.9 Å². The molecule has 2 rings (SSSR count). The highest BCUT2D eigenvalue weighted by Gasteiger charge is 2.39. The highest BCUT2D eigenvalue weighted by molar-refractivity contribution is 7.80. The van der Waals surface area contributed by atoms with Crippen molar-refractivity contribution in [3.8, 4) is 0 Å². The van der Waals surface area contributed by atoms with Crippen LogP contribution in [-0.4, -0.2) is 40.6 Å². The van der Waals surface area contributed by atoms with Gasteiger partial charge < -0.3 is 5.32 Å². The molecule has 1 saturated heterocycles. The number of carbonyl (C=O) groups excluding carboxylic acids is 2. The maximum atomic E-state index is 12.5. The zero-order chi connectivity index (χ0) is 16.8. The first-order valence-corrected chi connectivity index (χ1v) is 8.81. The van der Waals surface area contributed by atoms with Crippen molar-refractivity contribution in [2.45, 2.75) is 58.4 Å². The van der Waals surface area contributed by atoms with Gasteiger partial charge in [-0.2, -0.15) is 0 Å². The maximum absolute atomic E-state index is 12.5. The molecular weight excluding hydrogens is 310 g/mol. The minimum Gasteiger partial charge on any atom is -0.302 e. The molecule has 0 aromatic heterocycles. The summed E-state index contributed by atoms with van der Waals surface area (Å²) in [6.07, 6.45) is 10.3. The Morgan fingerprint density at radius 2 is 2.26 bits per heavy atom. The summed E-state index contributed by atoms with van der Waals surface area (Å²) in [5, 5.41) is 2.81. The van der Waals surface area contributed by atoms with Crippen LogP contribution in [0.3, 0.4) is 0 Å². The smallest absolute Gasteiger partial charge is 0.247 e. The Kier molecular flexibility index (Phi) is 6.45. The van der Waals surface area contributed by atoms with Crippen LogP contribution < -0.4 is 5.32 Å². The van der Waals surface area contributed by atoms with Crippen LogP contribution in [0.25, 0.3) is 0 Å². The highest BCUT2D eigenvalue weighted by atomic mass is 32.1. The third kappa shape index (κ3) is 4.47. The number of allylic oxidation sites excluding steroid dienone is 1. The average molecular weight is 335 g/mol. The molecule has 0 bridgehead atoms. The zero-order valence-corrected chi connectivity index (χ0v) is 14.7. The molecule has 1 N–H and O–H groups in total. The van der Waals surface area contributed by atoms with Crippen LogP contribution in [0.4, 0.5) is 0 Å². The van der Waals surface area contributed by atoms with Gasteiger partial charge in [-0.05, 0) is 57.7 Å². The zero-order valence-electron chi connectivity index (χ0n) is 13.9. The molecule has 6 heteroatoms. The van der Waals surface area contributed by atoms with E-state index in [-0.39, 0.29) is 23.0 Å². The van der Waals surface area contributed by atoms with Crippen LogP contribution in [0.15, 0.2) is 16.6 Å². The fraction of sp³-hybridized carbons (Fsp3) is 0.647. The molecule has 1 aliphatic heterocycles. The third-order valence-corrected chi connectivity index (χ3v) is 4.77. The lowest BCUT2D eigenvalue weighted by Crippen LogP contribution is -2.60. The second kappa shape index (κ2) is 8.34. The minimum absolute atomic E-state index is 0.0288. The Morgan fingerprint density at radius 3 is 2.91 bits per heavy atom. The summed E-state index contributed by atoms with van der Waals surface area (Å²) in [4.78, 5) is 30.4. The monoisotopic (exact) mass is 335 g/mol. The number of nitrogens with one attached hydrogen (secondary N) is 1. The molecule has 0 radical (unpaired) electrons. The molecule has 0 unspecified atom stereocenters. The van der Waals surface area contributed by atoms with E-state index in [9.17, 15) is 9.59 Å². The molecular formula is C17H25N3O2S. The third-order valence-electron chi connectivity index (χ3n) is 4.47. The van der Waals surface area contributed by atoms with E-state index in [2.05, 4.69) is 16.4 Å². The van der Waals surface area contributed by atoms with E-state index >= 15 is 0 Å². The Morgan fingerprint density at radius 1 is 1.48 bits per heavy atom. The van der Waals surface area contributed by atoms with Crippen molar-refractivity contribution in [3.05, 3.63) is 11.6 Å². The fourth-order valence-corrected chi connectivity index (χ4v) is 3.23. The molecule has 126 valence electrons. The quantitative estimate of drug-likeness (QED) is 0.351. The van der Waals surface area contributed by atoms with E-state index in [1.165, 1.54) is 29.5 Å². The molecule has 1 fully saturated rings. The van der Waals surface area contributed by atoms with Crippen LogP contribution in [0.5, 0.6) is 0 Å². The van der Waals surface area contributed by atoms with Crippen LogP contribution >= 0.6 is 12.2 Å². The molecule has 0 spiro atoms. The van der Waals surface area contributed by atoms with Gasteiger partial charge in [0.15, 0.2) is 11.0 Å². The predicted molar refractivity (Wildman–Crippen MR) is 95.4 cm³/mol. The molecule has 1 heterocycles. The Labute approximate surface area is 143 Å². The number of thiocarbonyl (C=S) groups is 1. The number of hydrogen-bond acceptors (Lipinski definition) is 4. The molecule has 0 aromatic rings. The number of hydrogen-bond donors (Lipinski definition) is 1. The van der Waals surface area contributed by atoms with E-state index in [0.717, 1.165) is 25.7 Å². The van der Waals surface area contributed by atoms with E-state index in [1.807, 2.05) is 13.8 Å². The van der Waals surface area contributed by atoms with Crippen molar-refractivity contribution in [1.82, 2.24) is 10.2 Å². The van der Waals surface area contributed by atoms with E-state index in [0.29, 0.717) is 6.54 Å². The Balaban J connectivity index is 1.95. The highest BCUT2D eigenvalue weighted by Crippen LogP contribution is 2.20. The van der Waals surface area contributed by atoms with E-state index < -0.39 is 5.92 Å². The number of nitrogens with zero attached hydrogens (tertiary/aromatic N) is 2. The standard InChI is InChI=1S/C17H25N3O2S/c1-3-12(2)20-16(22)14(15(21)19-17(20)23)11-18-10-9-13-7-5-4-6-8-13/h7,11-12,14H,3-6,8-10H2,1-2H3,(H,19,21,23)/t12-,14+/m1/s1. The van der Waals surface area contributed by atoms with Crippen molar-refractivity contribution in [2.75, 3.05) is 6.54 Å². The first-order chi connectivity index (χ1) is 11.0. The number of rotatable bonds is 6. The molecule has 2 amide bonds. The van der Waals surface area contributed by atoms with Gasteiger partial charge in [0.25, 0.3) is 0 Å². The first-order valence-electron chi connectivity index (χ1n) is 8.40. The van der Waals surface area contributed by atoms with Crippen molar-refractivity contribution in [1.29, 1.82) is 0 Å². The lowest BCUT2D eigenvalue weighted by Gasteiger charge is -2.34. The van der Waals surface area contributed by atoms with Crippen LogP contribution in [0, 0.1) is 5.92 Å².